The summed E-state index contributed by atoms with van der Waals surface area (Å²) in [5.74, 6) is 0. The Morgan fingerprint density at radius 3 is 1.10 bits per heavy atom. The summed E-state index contributed by atoms with van der Waals surface area (Å²) >= 11 is -5.72. The van der Waals surface area contributed by atoms with E-state index in [0.717, 1.165) is 0 Å². The number of hydrogen-bond acceptors (Lipinski definition) is 4. The Morgan fingerprint density at radius 1 is 1.10 bits per heavy atom. The van der Waals surface area contributed by atoms with Crippen molar-refractivity contribution < 1.29 is 45.5 Å². The summed E-state index contributed by atoms with van der Waals surface area (Å²) in [5.41, 5.74) is 0. The molecule has 0 bridgehead atoms. The molecule has 0 aliphatic heterocycles. The van der Waals surface area contributed by atoms with Crippen LogP contribution in [0.4, 0.5) is 0 Å². The van der Waals surface area contributed by atoms with Crippen LogP contribution in [0.5, 0.6) is 0 Å². The van der Waals surface area contributed by atoms with Gasteiger partial charge in [0.15, 0.2) is 0 Å². The standard InChI is InChI=1S/Li.H3N.2H2O3S/c;;2*1-4(2)3/h;1H3;2*(H2,1,2,3)/q+1;;;/p-1. The fourth-order valence-electron chi connectivity index (χ4n) is 0. The Hall–Kier alpha value is 0.697. The third-order valence-electron chi connectivity index (χ3n) is 0. The van der Waals surface area contributed by atoms with Gasteiger partial charge in [-0.1, -0.05) is 0 Å². The molecular weight excluding hydrogens is 181 g/mol. The van der Waals surface area contributed by atoms with Gasteiger partial charge >= 0.3 is 18.9 Å². The molecule has 0 unspecified atom stereocenters. The third kappa shape index (κ3) is 1060. The predicted octanol–water partition coefficient (Wildman–Crippen LogP) is -3.94. The molecule has 0 aromatic heterocycles. The maximum atomic E-state index is 8.67. The Kier molecular flexibility index (Phi) is 36.7. The molecule has 0 heterocycles. The Morgan fingerprint density at radius 2 is 1.10 bits per heavy atom. The van der Waals surface area contributed by atoms with E-state index in [1.54, 1.807) is 0 Å². The molecule has 0 amide bonds. The van der Waals surface area contributed by atoms with Gasteiger partial charge in [-0.15, -0.1) is 11.4 Å². The number of hydrogen-bond donors (Lipinski definition) is 3. The van der Waals surface area contributed by atoms with E-state index in [4.69, 9.17) is 26.6 Å². The summed E-state index contributed by atoms with van der Waals surface area (Å²) in [5, 5.41) is 0. The molecule has 0 fully saturated rings. The minimum absolute atomic E-state index is 0. The van der Waals surface area contributed by atoms with E-state index in [0.29, 0.717) is 0 Å². The van der Waals surface area contributed by atoms with Gasteiger partial charge in [0.2, 0.25) is 0 Å². The van der Waals surface area contributed by atoms with Crippen LogP contribution in [0, 0.1) is 0 Å². The van der Waals surface area contributed by atoms with Gasteiger partial charge in [-0.2, -0.15) is 4.21 Å². The fraction of sp³-hybridized carbons (Fsp3) is 0. The van der Waals surface area contributed by atoms with E-state index in [1.807, 2.05) is 0 Å². The van der Waals surface area contributed by atoms with Crippen molar-refractivity contribution >= 4 is 22.7 Å². The molecule has 0 aromatic rings. The fourth-order valence-corrected chi connectivity index (χ4v) is 0. The van der Waals surface area contributed by atoms with Gasteiger partial charge in [-0.3, -0.25) is 13.3 Å². The van der Waals surface area contributed by atoms with E-state index < -0.39 is 22.7 Å². The van der Waals surface area contributed by atoms with Gasteiger partial charge in [0.1, 0.15) is 0 Å². The number of quaternary nitrogens is 1. The third-order valence-corrected chi connectivity index (χ3v) is 0. The summed E-state index contributed by atoms with van der Waals surface area (Å²) in [6, 6.07) is 0. The Balaban J connectivity index is -0.0000000300. The van der Waals surface area contributed by atoms with Gasteiger partial charge < -0.3 is 15.3 Å². The molecule has 0 rings (SSSR count). The quantitative estimate of drug-likeness (QED) is 0.259. The van der Waals surface area contributed by atoms with Gasteiger partial charge in [0.25, 0.3) is 11.4 Å². The van der Waals surface area contributed by atoms with Gasteiger partial charge in [-0.05, 0) is 0 Å². The van der Waals surface area contributed by atoms with Gasteiger partial charge in [0, 0.05) is 0 Å². The van der Waals surface area contributed by atoms with E-state index in [1.165, 1.54) is 0 Å². The van der Waals surface area contributed by atoms with Crippen molar-refractivity contribution in [3.8, 4) is 0 Å². The van der Waals surface area contributed by atoms with E-state index in [9.17, 15) is 0 Å². The van der Waals surface area contributed by atoms with Crippen molar-refractivity contribution in [2.24, 2.45) is 0 Å². The molecule has 6 N–H and O–H groups in total. The summed E-state index contributed by atoms with van der Waals surface area (Å²) in [4.78, 5) is 0. The first-order valence-electron chi connectivity index (χ1n) is 1.03. The molecular formula is H6LiNO6S2. The van der Waals surface area contributed by atoms with Crippen LogP contribution in [0.1, 0.15) is 0 Å². The SMILES string of the molecule is O=S(O)O.O=S([O-])[O-].[Li+].[NH4+]. The van der Waals surface area contributed by atoms with Crippen molar-refractivity contribution in [2.75, 3.05) is 0 Å². The minimum atomic E-state index is -3.11. The normalized spacial score (nSPS) is 7.00. The molecule has 7 nitrogen and oxygen atoms in total. The Bertz CT molecular complexity index is 73.7. The van der Waals surface area contributed by atoms with Crippen molar-refractivity contribution in [3.05, 3.63) is 0 Å². The average Bonchev–Trinajstić information content (AvgIpc) is 1.25. The molecule has 60 valence electrons. The zero-order valence-corrected chi connectivity index (χ0v) is 6.98. The second-order valence-electron chi connectivity index (χ2n) is 0.435. The Labute approximate surface area is 74.6 Å². The van der Waals surface area contributed by atoms with Crippen LogP contribution in [-0.2, 0) is 22.7 Å². The number of rotatable bonds is 0. The van der Waals surface area contributed by atoms with Crippen LogP contribution in [-0.4, -0.2) is 26.6 Å². The van der Waals surface area contributed by atoms with Crippen molar-refractivity contribution in [3.63, 3.8) is 0 Å². The molecule has 0 aromatic carbocycles. The summed E-state index contributed by atoms with van der Waals surface area (Å²) in [6.45, 7) is 0. The van der Waals surface area contributed by atoms with Crippen LogP contribution < -0.4 is 25.0 Å². The zero-order chi connectivity index (χ0) is 7.15. The molecule has 0 radical (unpaired) electrons. The predicted molar refractivity (Wildman–Crippen MR) is 29.1 cm³/mol. The van der Waals surface area contributed by atoms with E-state index >= 15 is 0 Å². The molecule has 0 saturated carbocycles. The van der Waals surface area contributed by atoms with Gasteiger partial charge in [0.05, 0.1) is 0 Å². The first-order valence-corrected chi connectivity index (χ1v) is 3.10. The summed E-state index contributed by atoms with van der Waals surface area (Å²) in [7, 11) is 0. The molecule has 0 aliphatic carbocycles. The van der Waals surface area contributed by atoms with Crippen LogP contribution in [0.2, 0.25) is 0 Å². The topological polar surface area (TPSA) is 157 Å². The first-order chi connectivity index (χ1) is 3.46. The van der Waals surface area contributed by atoms with E-state index in [-0.39, 0.29) is 25.0 Å². The largest absolute Gasteiger partial charge is 1.00 e. The molecule has 0 spiro atoms. The summed E-state index contributed by atoms with van der Waals surface area (Å²) < 4.78 is 48.2. The van der Waals surface area contributed by atoms with Crippen LogP contribution in [0.3, 0.4) is 0 Å². The second kappa shape index (κ2) is 16.4. The molecule has 10 heavy (non-hydrogen) atoms. The maximum absolute atomic E-state index is 8.67. The maximum Gasteiger partial charge on any atom is 1.00 e. The van der Waals surface area contributed by atoms with E-state index in [2.05, 4.69) is 0 Å². The van der Waals surface area contributed by atoms with Crippen molar-refractivity contribution in [2.45, 2.75) is 0 Å². The van der Waals surface area contributed by atoms with Gasteiger partial charge in [-0.25, -0.2) is 0 Å². The molecule has 0 atom stereocenters. The second-order valence-corrected chi connectivity index (χ2v) is 1.30. The summed E-state index contributed by atoms with van der Waals surface area (Å²) in [6.07, 6.45) is 0. The minimum Gasteiger partial charge on any atom is -0.784 e. The first kappa shape index (κ1) is 22.4. The zero-order valence-electron chi connectivity index (χ0n) is 5.34. The van der Waals surface area contributed by atoms with Crippen LogP contribution in [0.15, 0.2) is 0 Å². The molecule has 10 heteroatoms. The molecule has 0 saturated heterocycles. The monoisotopic (exact) mass is 187 g/mol. The smallest absolute Gasteiger partial charge is 0.784 e. The van der Waals surface area contributed by atoms with Crippen LogP contribution in [0.25, 0.3) is 0 Å². The molecule has 0 aliphatic rings. The van der Waals surface area contributed by atoms with Crippen LogP contribution >= 0.6 is 0 Å². The van der Waals surface area contributed by atoms with Crippen molar-refractivity contribution in [1.82, 2.24) is 6.15 Å². The average molecular weight is 187 g/mol. The van der Waals surface area contributed by atoms with Crippen molar-refractivity contribution in [1.29, 1.82) is 0 Å².